The van der Waals surface area contributed by atoms with Crippen molar-refractivity contribution >= 4 is 11.8 Å². The van der Waals surface area contributed by atoms with E-state index in [0.717, 1.165) is 19.5 Å². The van der Waals surface area contributed by atoms with Gasteiger partial charge in [0.15, 0.2) is 0 Å². The van der Waals surface area contributed by atoms with Crippen LogP contribution in [0.3, 0.4) is 0 Å². The zero-order valence-corrected chi connectivity index (χ0v) is 8.93. The standard InChI is InChI=1S/C10H17N3O2/c1-10(4-5-11-6-10)13-9(15)7-2-3-8(14)12-7/h7,11H,2-6H2,1H3,(H,12,14)(H,13,15). The van der Waals surface area contributed by atoms with E-state index in [1.165, 1.54) is 0 Å². The number of carbonyl (C=O) groups excluding carboxylic acids is 2. The van der Waals surface area contributed by atoms with Crippen LogP contribution in [-0.2, 0) is 9.59 Å². The third-order valence-corrected chi connectivity index (χ3v) is 3.11. The fourth-order valence-corrected chi connectivity index (χ4v) is 2.12. The molecule has 0 aromatic heterocycles. The van der Waals surface area contributed by atoms with Crippen LogP contribution in [0.4, 0.5) is 0 Å². The van der Waals surface area contributed by atoms with Crippen molar-refractivity contribution in [2.75, 3.05) is 13.1 Å². The summed E-state index contributed by atoms with van der Waals surface area (Å²) in [6.07, 6.45) is 2.03. The summed E-state index contributed by atoms with van der Waals surface area (Å²) in [6, 6.07) is -0.324. The lowest BCUT2D eigenvalue weighted by Crippen LogP contribution is -2.53. The van der Waals surface area contributed by atoms with Crippen LogP contribution in [0, 0.1) is 0 Å². The summed E-state index contributed by atoms with van der Waals surface area (Å²) in [6.45, 7) is 3.77. The molecular formula is C10H17N3O2. The van der Waals surface area contributed by atoms with E-state index in [2.05, 4.69) is 16.0 Å². The summed E-state index contributed by atoms with van der Waals surface area (Å²) in [5, 5.41) is 8.89. The van der Waals surface area contributed by atoms with Gasteiger partial charge in [0.2, 0.25) is 11.8 Å². The van der Waals surface area contributed by atoms with E-state index in [0.29, 0.717) is 12.8 Å². The summed E-state index contributed by atoms with van der Waals surface area (Å²) in [4.78, 5) is 22.8. The molecule has 2 heterocycles. The molecule has 0 aromatic carbocycles. The molecular weight excluding hydrogens is 194 g/mol. The predicted octanol–water partition coefficient (Wildman–Crippen LogP) is -0.867. The number of rotatable bonds is 2. The van der Waals surface area contributed by atoms with Gasteiger partial charge >= 0.3 is 0 Å². The summed E-state index contributed by atoms with van der Waals surface area (Å²) in [5.41, 5.74) is -0.148. The predicted molar refractivity (Wildman–Crippen MR) is 55.2 cm³/mol. The highest BCUT2D eigenvalue weighted by Crippen LogP contribution is 2.15. The van der Waals surface area contributed by atoms with E-state index < -0.39 is 0 Å². The van der Waals surface area contributed by atoms with Gasteiger partial charge in [-0.1, -0.05) is 0 Å². The molecule has 2 saturated heterocycles. The Morgan fingerprint density at radius 1 is 1.60 bits per heavy atom. The minimum absolute atomic E-state index is 0.0233. The quantitative estimate of drug-likeness (QED) is 0.556. The minimum Gasteiger partial charge on any atom is -0.348 e. The van der Waals surface area contributed by atoms with Crippen molar-refractivity contribution in [1.82, 2.24) is 16.0 Å². The molecule has 5 nitrogen and oxygen atoms in total. The number of carbonyl (C=O) groups is 2. The van der Waals surface area contributed by atoms with Crippen LogP contribution in [0.15, 0.2) is 0 Å². The van der Waals surface area contributed by atoms with E-state index in [1.807, 2.05) is 6.92 Å². The van der Waals surface area contributed by atoms with Crippen LogP contribution in [-0.4, -0.2) is 36.5 Å². The first kappa shape index (κ1) is 10.4. The first-order valence-electron chi connectivity index (χ1n) is 5.41. The molecule has 2 aliphatic rings. The fraction of sp³-hybridized carbons (Fsp3) is 0.800. The van der Waals surface area contributed by atoms with Crippen LogP contribution in [0.25, 0.3) is 0 Å². The molecule has 2 rings (SSSR count). The first-order valence-corrected chi connectivity index (χ1v) is 5.41. The Labute approximate surface area is 89.0 Å². The third-order valence-electron chi connectivity index (χ3n) is 3.11. The maximum absolute atomic E-state index is 11.8. The molecule has 3 N–H and O–H groups in total. The second-order valence-electron chi connectivity index (χ2n) is 4.64. The summed E-state index contributed by atoms with van der Waals surface area (Å²) >= 11 is 0. The van der Waals surface area contributed by atoms with E-state index in [-0.39, 0.29) is 23.4 Å². The zero-order chi connectivity index (χ0) is 10.9. The lowest BCUT2D eigenvalue weighted by Gasteiger charge is -2.26. The van der Waals surface area contributed by atoms with Crippen molar-refractivity contribution in [1.29, 1.82) is 0 Å². The monoisotopic (exact) mass is 211 g/mol. The molecule has 0 bridgehead atoms. The summed E-state index contributed by atoms with van der Waals surface area (Å²) in [5.74, 6) is -0.0723. The Kier molecular flexibility index (Phi) is 2.65. The molecule has 2 fully saturated rings. The highest BCUT2D eigenvalue weighted by molar-refractivity contribution is 5.91. The van der Waals surface area contributed by atoms with Gasteiger partial charge in [-0.2, -0.15) is 0 Å². The van der Waals surface area contributed by atoms with Gasteiger partial charge < -0.3 is 16.0 Å². The lowest BCUT2D eigenvalue weighted by atomic mass is 10.0. The van der Waals surface area contributed by atoms with Crippen molar-refractivity contribution < 1.29 is 9.59 Å². The zero-order valence-electron chi connectivity index (χ0n) is 8.93. The molecule has 0 spiro atoms. The van der Waals surface area contributed by atoms with Gasteiger partial charge in [-0.15, -0.1) is 0 Å². The molecule has 2 aliphatic heterocycles. The maximum atomic E-state index is 11.8. The molecule has 84 valence electrons. The van der Waals surface area contributed by atoms with Crippen molar-refractivity contribution in [3.8, 4) is 0 Å². The smallest absolute Gasteiger partial charge is 0.243 e. The molecule has 5 heteroatoms. The van der Waals surface area contributed by atoms with Gasteiger partial charge in [-0.05, 0) is 26.3 Å². The van der Waals surface area contributed by atoms with Crippen LogP contribution in [0.5, 0.6) is 0 Å². The maximum Gasteiger partial charge on any atom is 0.243 e. The normalized spacial score (nSPS) is 35.3. The number of amides is 2. The highest BCUT2D eigenvalue weighted by atomic mass is 16.2. The van der Waals surface area contributed by atoms with Crippen LogP contribution >= 0.6 is 0 Å². The average Bonchev–Trinajstić information content (AvgIpc) is 2.75. The Morgan fingerprint density at radius 2 is 2.40 bits per heavy atom. The first-order chi connectivity index (χ1) is 7.09. The molecule has 0 radical (unpaired) electrons. The Balaban J connectivity index is 1.89. The van der Waals surface area contributed by atoms with E-state index in [1.54, 1.807) is 0 Å². The Hall–Kier alpha value is -1.10. The van der Waals surface area contributed by atoms with Gasteiger partial charge in [0.1, 0.15) is 6.04 Å². The average molecular weight is 211 g/mol. The van der Waals surface area contributed by atoms with Crippen molar-refractivity contribution in [3.63, 3.8) is 0 Å². The van der Waals surface area contributed by atoms with Gasteiger partial charge in [0.05, 0.1) is 5.54 Å². The fourth-order valence-electron chi connectivity index (χ4n) is 2.12. The second kappa shape index (κ2) is 3.81. The SMILES string of the molecule is CC1(NC(=O)C2CCC(=O)N2)CCNC1. The second-order valence-corrected chi connectivity index (χ2v) is 4.64. The molecule has 15 heavy (non-hydrogen) atoms. The van der Waals surface area contributed by atoms with Gasteiger partial charge in [0, 0.05) is 13.0 Å². The van der Waals surface area contributed by atoms with Gasteiger partial charge in [0.25, 0.3) is 0 Å². The molecule has 2 amide bonds. The summed E-state index contributed by atoms with van der Waals surface area (Å²) < 4.78 is 0. The number of nitrogens with one attached hydrogen (secondary N) is 3. The molecule has 0 aliphatic carbocycles. The topological polar surface area (TPSA) is 70.2 Å². The van der Waals surface area contributed by atoms with Crippen molar-refractivity contribution in [2.24, 2.45) is 0 Å². The Bertz CT molecular complexity index is 284. The molecule has 0 saturated carbocycles. The number of hydrogen-bond acceptors (Lipinski definition) is 3. The largest absolute Gasteiger partial charge is 0.348 e. The number of hydrogen-bond donors (Lipinski definition) is 3. The highest BCUT2D eigenvalue weighted by Gasteiger charge is 2.34. The van der Waals surface area contributed by atoms with Crippen molar-refractivity contribution in [2.45, 2.75) is 37.8 Å². The van der Waals surface area contributed by atoms with E-state index in [9.17, 15) is 9.59 Å². The molecule has 2 unspecified atom stereocenters. The molecule has 0 aromatic rings. The molecule has 2 atom stereocenters. The van der Waals surface area contributed by atoms with Gasteiger partial charge in [-0.3, -0.25) is 9.59 Å². The Morgan fingerprint density at radius 3 is 2.93 bits per heavy atom. The van der Waals surface area contributed by atoms with Crippen LogP contribution in [0.2, 0.25) is 0 Å². The van der Waals surface area contributed by atoms with Crippen molar-refractivity contribution in [3.05, 3.63) is 0 Å². The lowest BCUT2D eigenvalue weighted by molar-refractivity contribution is -0.126. The van der Waals surface area contributed by atoms with E-state index >= 15 is 0 Å². The minimum atomic E-state index is -0.324. The van der Waals surface area contributed by atoms with Crippen LogP contribution < -0.4 is 16.0 Å². The third kappa shape index (κ3) is 2.28. The van der Waals surface area contributed by atoms with E-state index in [4.69, 9.17) is 0 Å². The summed E-state index contributed by atoms with van der Waals surface area (Å²) in [7, 11) is 0. The van der Waals surface area contributed by atoms with Crippen LogP contribution in [0.1, 0.15) is 26.2 Å². The van der Waals surface area contributed by atoms with Gasteiger partial charge in [-0.25, -0.2) is 0 Å².